The first kappa shape index (κ1) is 23.8. The van der Waals surface area contributed by atoms with Gasteiger partial charge in [-0.15, -0.1) is 0 Å². The molecule has 3 aromatic carbocycles. The first-order valence-corrected chi connectivity index (χ1v) is 12.0. The topological polar surface area (TPSA) is 60.9 Å². The van der Waals surface area contributed by atoms with Crippen molar-refractivity contribution >= 4 is 54.6 Å². The van der Waals surface area contributed by atoms with Crippen molar-refractivity contribution in [2.75, 3.05) is 26.2 Å². The summed E-state index contributed by atoms with van der Waals surface area (Å²) in [6, 6.07) is 19.3. The highest BCUT2D eigenvalue weighted by Gasteiger charge is 2.19. The molecule has 8 heteroatoms. The normalized spacial score (nSPS) is 11.1. The van der Waals surface area contributed by atoms with Crippen molar-refractivity contribution in [2.45, 2.75) is 6.54 Å². The molecule has 0 saturated carbocycles. The second kappa shape index (κ2) is 10.7. The average Bonchev–Trinajstić information content (AvgIpc) is 3.28. The predicted octanol–water partition coefficient (Wildman–Crippen LogP) is 6.33. The number of ether oxygens (including phenoxy) is 3. The standard InChI is InChI=1S/C26H23BrN2O4S/c1-31-21-13-18(14-22(32-2)25(21)33-3)9-12-24(30)29(16-17-7-5-4-6-8-17)26-28-20-11-10-19(27)15-23(20)34-26/h4-15H,16H2,1-3H3/b12-9+. The Balaban J connectivity index is 1.68. The van der Waals surface area contributed by atoms with E-state index in [4.69, 9.17) is 19.2 Å². The van der Waals surface area contributed by atoms with Crippen LogP contribution in [0.4, 0.5) is 5.13 Å². The van der Waals surface area contributed by atoms with Gasteiger partial charge in [-0.1, -0.05) is 57.6 Å². The summed E-state index contributed by atoms with van der Waals surface area (Å²) in [5.41, 5.74) is 2.61. The molecular formula is C26H23BrN2O4S. The van der Waals surface area contributed by atoms with Gasteiger partial charge in [0, 0.05) is 10.5 Å². The van der Waals surface area contributed by atoms with Crippen LogP contribution in [0, 0.1) is 0 Å². The number of anilines is 1. The summed E-state index contributed by atoms with van der Waals surface area (Å²) < 4.78 is 18.2. The molecule has 0 saturated heterocycles. The maximum absolute atomic E-state index is 13.4. The van der Waals surface area contributed by atoms with Gasteiger partial charge in [0.1, 0.15) is 0 Å². The summed E-state index contributed by atoms with van der Waals surface area (Å²) in [6.45, 7) is 0.403. The fourth-order valence-corrected chi connectivity index (χ4v) is 4.98. The molecule has 0 unspecified atom stereocenters. The number of carbonyl (C=O) groups is 1. The van der Waals surface area contributed by atoms with Gasteiger partial charge in [0.2, 0.25) is 5.75 Å². The Hall–Kier alpha value is -3.36. The smallest absolute Gasteiger partial charge is 0.253 e. The molecule has 0 aliphatic rings. The number of hydrogen-bond donors (Lipinski definition) is 0. The van der Waals surface area contributed by atoms with E-state index in [1.807, 2.05) is 48.5 Å². The number of aromatic nitrogens is 1. The molecule has 1 heterocycles. The van der Waals surface area contributed by atoms with E-state index in [2.05, 4.69) is 15.9 Å². The van der Waals surface area contributed by atoms with Gasteiger partial charge >= 0.3 is 0 Å². The van der Waals surface area contributed by atoms with E-state index in [9.17, 15) is 4.79 Å². The van der Waals surface area contributed by atoms with Crippen molar-refractivity contribution in [3.8, 4) is 17.2 Å². The molecule has 0 aliphatic heterocycles. The third-order valence-corrected chi connectivity index (χ3v) is 6.66. The van der Waals surface area contributed by atoms with Crippen LogP contribution in [0.2, 0.25) is 0 Å². The van der Waals surface area contributed by atoms with E-state index >= 15 is 0 Å². The van der Waals surface area contributed by atoms with Crippen LogP contribution in [0.5, 0.6) is 17.2 Å². The van der Waals surface area contributed by atoms with E-state index in [0.29, 0.717) is 28.9 Å². The highest BCUT2D eigenvalue weighted by Crippen LogP contribution is 2.38. The minimum absolute atomic E-state index is 0.185. The molecule has 0 atom stereocenters. The van der Waals surface area contributed by atoms with E-state index in [1.54, 1.807) is 44.4 Å². The van der Waals surface area contributed by atoms with Crippen LogP contribution in [0.25, 0.3) is 16.3 Å². The lowest BCUT2D eigenvalue weighted by atomic mass is 10.1. The molecule has 0 spiro atoms. The van der Waals surface area contributed by atoms with Gasteiger partial charge in [-0.25, -0.2) is 4.98 Å². The fourth-order valence-electron chi connectivity index (χ4n) is 3.46. The van der Waals surface area contributed by atoms with E-state index in [1.165, 1.54) is 17.4 Å². The summed E-state index contributed by atoms with van der Waals surface area (Å²) >= 11 is 4.98. The van der Waals surface area contributed by atoms with Crippen LogP contribution >= 0.6 is 27.3 Å². The van der Waals surface area contributed by atoms with Crippen LogP contribution in [0.15, 0.2) is 71.2 Å². The first-order chi connectivity index (χ1) is 16.5. The molecule has 174 valence electrons. The Morgan fingerprint density at radius 1 is 1.00 bits per heavy atom. The van der Waals surface area contributed by atoms with Gasteiger partial charge in [0.15, 0.2) is 16.6 Å². The molecule has 1 aromatic heterocycles. The largest absolute Gasteiger partial charge is 0.493 e. The van der Waals surface area contributed by atoms with Crippen molar-refractivity contribution < 1.29 is 19.0 Å². The number of benzene rings is 3. The van der Waals surface area contributed by atoms with Crippen LogP contribution in [-0.2, 0) is 11.3 Å². The lowest BCUT2D eigenvalue weighted by Crippen LogP contribution is -2.28. The number of hydrogen-bond acceptors (Lipinski definition) is 6. The Kier molecular flexibility index (Phi) is 7.49. The van der Waals surface area contributed by atoms with Crippen molar-refractivity contribution in [1.82, 2.24) is 4.98 Å². The minimum atomic E-state index is -0.185. The second-order valence-corrected chi connectivity index (χ2v) is 9.24. The van der Waals surface area contributed by atoms with Gasteiger partial charge in [-0.3, -0.25) is 9.69 Å². The van der Waals surface area contributed by atoms with Crippen molar-refractivity contribution in [3.05, 3.63) is 82.3 Å². The van der Waals surface area contributed by atoms with E-state index in [-0.39, 0.29) is 5.91 Å². The summed E-state index contributed by atoms with van der Waals surface area (Å²) in [7, 11) is 4.67. The zero-order valence-corrected chi connectivity index (χ0v) is 21.4. The summed E-state index contributed by atoms with van der Waals surface area (Å²) in [5, 5.41) is 0.636. The van der Waals surface area contributed by atoms with Crippen LogP contribution < -0.4 is 19.1 Å². The van der Waals surface area contributed by atoms with Gasteiger partial charge in [-0.2, -0.15) is 0 Å². The van der Waals surface area contributed by atoms with Crippen LogP contribution in [-0.4, -0.2) is 32.2 Å². The highest BCUT2D eigenvalue weighted by atomic mass is 79.9. The van der Waals surface area contributed by atoms with Crippen LogP contribution in [0.1, 0.15) is 11.1 Å². The number of carbonyl (C=O) groups excluding carboxylic acids is 1. The molecule has 0 radical (unpaired) electrons. The monoisotopic (exact) mass is 538 g/mol. The minimum Gasteiger partial charge on any atom is -0.493 e. The molecule has 34 heavy (non-hydrogen) atoms. The number of rotatable bonds is 8. The first-order valence-electron chi connectivity index (χ1n) is 10.4. The fraction of sp³-hybridized carbons (Fsp3) is 0.154. The molecule has 0 N–H and O–H groups in total. The molecule has 6 nitrogen and oxygen atoms in total. The number of halogens is 1. The van der Waals surface area contributed by atoms with Gasteiger partial charge in [-0.05, 0) is 47.5 Å². The van der Waals surface area contributed by atoms with E-state index in [0.717, 1.165) is 25.8 Å². The average molecular weight is 539 g/mol. The Labute approximate surface area is 210 Å². The SMILES string of the molecule is COc1cc(/C=C/C(=O)N(Cc2ccccc2)c2nc3ccc(Br)cc3s2)cc(OC)c1OC. The molecule has 0 aliphatic carbocycles. The Morgan fingerprint density at radius 3 is 2.35 bits per heavy atom. The molecule has 0 bridgehead atoms. The maximum Gasteiger partial charge on any atom is 0.253 e. The number of amides is 1. The zero-order chi connectivity index (χ0) is 24.1. The maximum atomic E-state index is 13.4. The third kappa shape index (κ3) is 5.24. The quantitative estimate of drug-likeness (QED) is 0.245. The lowest BCUT2D eigenvalue weighted by molar-refractivity contribution is -0.114. The number of methoxy groups -OCH3 is 3. The Bertz CT molecular complexity index is 1310. The molecule has 1 amide bonds. The molecular weight excluding hydrogens is 516 g/mol. The van der Waals surface area contributed by atoms with Gasteiger partial charge < -0.3 is 14.2 Å². The zero-order valence-electron chi connectivity index (χ0n) is 18.9. The van der Waals surface area contributed by atoms with Gasteiger partial charge in [0.05, 0.1) is 38.1 Å². The van der Waals surface area contributed by atoms with E-state index < -0.39 is 0 Å². The third-order valence-electron chi connectivity index (χ3n) is 5.13. The number of nitrogens with zero attached hydrogens (tertiary/aromatic N) is 2. The summed E-state index contributed by atoms with van der Waals surface area (Å²) in [5.74, 6) is 1.36. The highest BCUT2D eigenvalue weighted by molar-refractivity contribution is 9.10. The van der Waals surface area contributed by atoms with Gasteiger partial charge in [0.25, 0.3) is 5.91 Å². The lowest BCUT2D eigenvalue weighted by Gasteiger charge is -2.18. The second-order valence-electron chi connectivity index (χ2n) is 7.31. The molecule has 4 rings (SSSR count). The van der Waals surface area contributed by atoms with Crippen molar-refractivity contribution in [2.24, 2.45) is 0 Å². The van der Waals surface area contributed by atoms with Crippen molar-refractivity contribution in [1.29, 1.82) is 0 Å². The molecule has 0 fully saturated rings. The molecule has 4 aromatic rings. The number of fused-ring (bicyclic) bond motifs is 1. The van der Waals surface area contributed by atoms with Crippen molar-refractivity contribution in [3.63, 3.8) is 0 Å². The number of thiazole rings is 1. The Morgan fingerprint density at radius 2 is 1.71 bits per heavy atom. The predicted molar refractivity (Wildman–Crippen MR) is 140 cm³/mol. The summed E-state index contributed by atoms with van der Waals surface area (Å²) in [4.78, 5) is 19.8. The van der Waals surface area contributed by atoms with Crippen LogP contribution in [0.3, 0.4) is 0 Å². The summed E-state index contributed by atoms with van der Waals surface area (Å²) in [6.07, 6.45) is 3.26.